The van der Waals surface area contributed by atoms with Gasteiger partial charge in [-0.3, -0.25) is 0 Å². The van der Waals surface area contributed by atoms with Crippen LogP contribution in [0, 0.1) is 0 Å². The maximum Gasteiger partial charge on any atom is 0.339 e. The number of carbonyl (C=O) groups is 2. The van der Waals surface area contributed by atoms with Crippen LogP contribution in [0.3, 0.4) is 0 Å². The highest BCUT2D eigenvalue weighted by Gasteiger charge is 2.24. The molecule has 1 fully saturated rings. The van der Waals surface area contributed by atoms with Crippen LogP contribution in [0.15, 0.2) is 48.5 Å². The summed E-state index contributed by atoms with van der Waals surface area (Å²) in [6, 6.07) is 15.2. The summed E-state index contributed by atoms with van der Waals surface area (Å²) in [6.45, 7) is 3.09. The van der Waals surface area contributed by atoms with E-state index in [2.05, 4.69) is 10.2 Å². The lowest BCUT2D eigenvalue weighted by Crippen LogP contribution is -2.52. The third kappa shape index (κ3) is 5.19. The number of ether oxygens (including phenoxy) is 2. The number of anilines is 1. The number of hydrogen-bond acceptors (Lipinski definition) is 5. The summed E-state index contributed by atoms with van der Waals surface area (Å²) in [5.74, 6) is 0.468. The van der Waals surface area contributed by atoms with Gasteiger partial charge in [0, 0.05) is 32.7 Å². The van der Waals surface area contributed by atoms with Crippen molar-refractivity contribution < 1.29 is 19.1 Å². The van der Waals surface area contributed by atoms with Crippen LogP contribution in [0.25, 0.3) is 0 Å². The fourth-order valence-corrected chi connectivity index (χ4v) is 3.44. The zero-order valence-electron chi connectivity index (χ0n) is 16.9. The average Bonchev–Trinajstić information content (AvgIpc) is 2.78. The molecule has 1 saturated heterocycles. The number of methoxy groups -OCH3 is 2. The number of amides is 2. The van der Waals surface area contributed by atoms with E-state index in [9.17, 15) is 9.59 Å². The van der Waals surface area contributed by atoms with Crippen molar-refractivity contribution in [3.05, 3.63) is 59.7 Å². The minimum atomic E-state index is -0.349. The first-order valence-corrected chi connectivity index (χ1v) is 9.70. The predicted octanol–water partition coefficient (Wildman–Crippen LogP) is 2.56. The number of piperazine rings is 1. The second kappa shape index (κ2) is 9.82. The van der Waals surface area contributed by atoms with Crippen LogP contribution in [0.2, 0.25) is 0 Å². The Bertz CT molecular complexity index is 847. The summed E-state index contributed by atoms with van der Waals surface area (Å²) in [6.07, 6.45) is 0.745. The molecule has 0 unspecified atom stereocenters. The van der Waals surface area contributed by atoms with Gasteiger partial charge in [-0.05, 0) is 36.2 Å². The SMILES string of the molecule is COC(=O)c1ccccc1N1CCN(C(=O)NCCc2cccc(OC)c2)CC1. The number of benzene rings is 2. The van der Waals surface area contributed by atoms with E-state index in [1.165, 1.54) is 7.11 Å². The zero-order chi connectivity index (χ0) is 20.6. The van der Waals surface area contributed by atoms with Gasteiger partial charge in [0.1, 0.15) is 5.75 Å². The van der Waals surface area contributed by atoms with E-state index in [0.29, 0.717) is 38.3 Å². The second-order valence-corrected chi connectivity index (χ2v) is 6.82. The highest BCUT2D eigenvalue weighted by molar-refractivity contribution is 5.95. The van der Waals surface area contributed by atoms with E-state index in [0.717, 1.165) is 23.4 Å². The molecule has 0 atom stereocenters. The molecule has 0 radical (unpaired) electrons. The lowest BCUT2D eigenvalue weighted by atomic mass is 10.1. The Morgan fingerprint density at radius 2 is 1.76 bits per heavy atom. The summed E-state index contributed by atoms with van der Waals surface area (Å²) in [5, 5.41) is 2.99. The number of rotatable bonds is 6. The molecule has 2 aromatic carbocycles. The Kier molecular flexibility index (Phi) is 6.94. The summed E-state index contributed by atoms with van der Waals surface area (Å²) in [4.78, 5) is 28.4. The quantitative estimate of drug-likeness (QED) is 0.759. The van der Waals surface area contributed by atoms with E-state index >= 15 is 0 Å². The Balaban J connectivity index is 1.49. The molecule has 0 aliphatic carbocycles. The molecule has 1 aliphatic heterocycles. The molecule has 29 heavy (non-hydrogen) atoms. The Labute approximate surface area is 171 Å². The van der Waals surface area contributed by atoms with Gasteiger partial charge < -0.3 is 24.6 Å². The first-order valence-electron chi connectivity index (χ1n) is 9.70. The first kappa shape index (κ1) is 20.5. The van der Waals surface area contributed by atoms with Crippen LogP contribution in [0.1, 0.15) is 15.9 Å². The topological polar surface area (TPSA) is 71.1 Å². The van der Waals surface area contributed by atoms with Crippen molar-refractivity contribution in [1.82, 2.24) is 10.2 Å². The lowest BCUT2D eigenvalue weighted by Gasteiger charge is -2.36. The molecule has 154 valence electrons. The van der Waals surface area contributed by atoms with Crippen molar-refractivity contribution in [1.29, 1.82) is 0 Å². The first-order chi connectivity index (χ1) is 14.1. The molecule has 1 aliphatic rings. The minimum absolute atomic E-state index is 0.0613. The molecule has 0 aromatic heterocycles. The highest BCUT2D eigenvalue weighted by atomic mass is 16.5. The number of nitrogens with one attached hydrogen (secondary N) is 1. The minimum Gasteiger partial charge on any atom is -0.497 e. The van der Waals surface area contributed by atoms with Crippen molar-refractivity contribution in [2.45, 2.75) is 6.42 Å². The number of hydrogen-bond donors (Lipinski definition) is 1. The third-order valence-corrected chi connectivity index (χ3v) is 5.04. The van der Waals surface area contributed by atoms with Crippen LogP contribution in [0.4, 0.5) is 10.5 Å². The van der Waals surface area contributed by atoms with Gasteiger partial charge in [-0.2, -0.15) is 0 Å². The summed E-state index contributed by atoms with van der Waals surface area (Å²) in [5.41, 5.74) is 2.51. The normalized spacial score (nSPS) is 13.7. The van der Waals surface area contributed by atoms with Gasteiger partial charge in [0.25, 0.3) is 0 Å². The highest BCUT2D eigenvalue weighted by Crippen LogP contribution is 2.22. The smallest absolute Gasteiger partial charge is 0.339 e. The number of urea groups is 1. The molecule has 2 amide bonds. The fourth-order valence-electron chi connectivity index (χ4n) is 3.44. The standard InChI is InChI=1S/C22H27N3O4/c1-28-18-7-5-6-17(16-18)10-11-23-22(27)25-14-12-24(13-15-25)20-9-4-3-8-19(20)21(26)29-2/h3-9,16H,10-15H2,1-2H3,(H,23,27). The molecule has 3 rings (SSSR count). The fraction of sp³-hybridized carbons (Fsp3) is 0.364. The Morgan fingerprint density at radius 1 is 1.00 bits per heavy atom. The van der Waals surface area contributed by atoms with Crippen molar-refractivity contribution in [2.75, 3.05) is 51.8 Å². The summed E-state index contributed by atoms with van der Waals surface area (Å²) < 4.78 is 10.1. The van der Waals surface area contributed by atoms with Gasteiger partial charge in [0.2, 0.25) is 0 Å². The van der Waals surface area contributed by atoms with Gasteiger partial charge >= 0.3 is 12.0 Å². The Morgan fingerprint density at radius 3 is 2.48 bits per heavy atom. The van der Waals surface area contributed by atoms with Gasteiger partial charge in [0.05, 0.1) is 25.5 Å². The molecule has 0 saturated carbocycles. The van der Waals surface area contributed by atoms with Crippen LogP contribution in [0.5, 0.6) is 5.75 Å². The molecule has 1 heterocycles. The van der Waals surface area contributed by atoms with E-state index < -0.39 is 0 Å². The molecule has 2 aromatic rings. The molecular weight excluding hydrogens is 370 g/mol. The van der Waals surface area contributed by atoms with E-state index in [1.807, 2.05) is 47.4 Å². The zero-order valence-corrected chi connectivity index (χ0v) is 16.9. The summed E-state index contributed by atoms with van der Waals surface area (Å²) >= 11 is 0. The summed E-state index contributed by atoms with van der Waals surface area (Å²) in [7, 11) is 3.02. The van der Waals surface area contributed by atoms with Gasteiger partial charge in [-0.1, -0.05) is 24.3 Å². The average molecular weight is 397 g/mol. The number of carbonyl (C=O) groups excluding carboxylic acids is 2. The van der Waals surface area contributed by atoms with E-state index in [1.54, 1.807) is 13.2 Å². The largest absolute Gasteiger partial charge is 0.497 e. The van der Waals surface area contributed by atoms with Crippen LogP contribution < -0.4 is 15.0 Å². The van der Waals surface area contributed by atoms with Crippen LogP contribution in [-0.4, -0.2) is 63.8 Å². The second-order valence-electron chi connectivity index (χ2n) is 6.82. The van der Waals surface area contributed by atoms with Crippen molar-refractivity contribution in [2.24, 2.45) is 0 Å². The lowest BCUT2D eigenvalue weighted by molar-refractivity contribution is 0.0601. The van der Waals surface area contributed by atoms with Crippen molar-refractivity contribution in [3.63, 3.8) is 0 Å². The maximum absolute atomic E-state index is 12.5. The predicted molar refractivity (Wildman–Crippen MR) is 112 cm³/mol. The van der Waals surface area contributed by atoms with Gasteiger partial charge in [-0.25, -0.2) is 9.59 Å². The van der Waals surface area contributed by atoms with E-state index in [-0.39, 0.29) is 12.0 Å². The molecule has 0 bridgehead atoms. The van der Waals surface area contributed by atoms with Crippen LogP contribution in [-0.2, 0) is 11.2 Å². The number of nitrogens with zero attached hydrogens (tertiary/aromatic N) is 2. The van der Waals surface area contributed by atoms with Gasteiger partial charge in [-0.15, -0.1) is 0 Å². The molecule has 7 nitrogen and oxygen atoms in total. The number of esters is 1. The monoisotopic (exact) mass is 397 g/mol. The van der Waals surface area contributed by atoms with Crippen molar-refractivity contribution in [3.8, 4) is 5.75 Å². The molecule has 1 N–H and O–H groups in total. The maximum atomic E-state index is 12.5. The molecule has 0 spiro atoms. The van der Waals surface area contributed by atoms with Gasteiger partial charge in [0.15, 0.2) is 0 Å². The Hall–Kier alpha value is -3.22. The van der Waals surface area contributed by atoms with Crippen LogP contribution >= 0.6 is 0 Å². The molecular formula is C22H27N3O4. The van der Waals surface area contributed by atoms with Crippen molar-refractivity contribution >= 4 is 17.7 Å². The third-order valence-electron chi connectivity index (χ3n) is 5.04. The molecule has 7 heteroatoms. The van der Waals surface area contributed by atoms with E-state index in [4.69, 9.17) is 9.47 Å². The number of para-hydroxylation sites is 1.